The molecule has 3 aromatic rings. The molecule has 0 radical (unpaired) electrons. The third-order valence-corrected chi connectivity index (χ3v) is 5.38. The van der Waals surface area contributed by atoms with Crippen LogP contribution in [0.15, 0.2) is 24.3 Å². The van der Waals surface area contributed by atoms with Gasteiger partial charge in [0.1, 0.15) is 0 Å². The summed E-state index contributed by atoms with van der Waals surface area (Å²) in [6, 6.07) is 6.62. The van der Waals surface area contributed by atoms with Crippen molar-refractivity contribution in [2.45, 2.75) is 0 Å². The van der Waals surface area contributed by atoms with Gasteiger partial charge in [-0.1, -0.05) is 0 Å². The smallest absolute Gasteiger partial charge is 0.748 e. The second kappa shape index (κ2) is 14.9. The average Bonchev–Trinajstić information content (AvgIpc) is 2.72. The monoisotopic (exact) mass is 586 g/mol. The van der Waals surface area contributed by atoms with E-state index in [2.05, 4.69) is 51.2 Å². The summed E-state index contributed by atoms with van der Waals surface area (Å²) >= 11 is 0. The first kappa shape index (κ1) is 33.9. The van der Waals surface area contributed by atoms with Crippen molar-refractivity contribution in [2.75, 3.05) is 57.3 Å². The number of nitrogen functional groups attached to an aromatic ring is 2. The van der Waals surface area contributed by atoms with Crippen LogP contribution in [-0.4, -0.2) is 80.4 Å². The van der Waals surface area contributed by atoms with Gasteiger partial charge < -0.3 is 41.8 Å². The fourth-order valence-corrected chi connectivity index (χ4v) is 3.23. The van der Waals surface area contributed by atoms with Gasteiger partial charge in [0.15, 0.2) is 0 Å². The first-order chi connectivity index (χ1) is 16.8. The third kappa shape index (κ3) is 12.6. The number of benzene rings is 1. The Balaban J connectivity index is 0.00000361. The van der Waals surface area contributed by atoms with Crippen LogP contribution < -0.4 is 91.8 Å². The zero-order valence-electron chi connectivity index (χ0n) is 20.2. The van der Waals surface area contributed by atoms with Crippen molar-refractivity contribution < 1.29 is 85.1 Å². The predicted octanol–water partition coefficient (Wildman–Crippen LogP) is -7.37. The zero-order chi connectivity index (χ0) is 26.3. The van der Waals surface area contributed by atoms with E-state index in [1.807, 2.05) is 0 Å². The van der Waals surface area contributed by atoms with Crippen molar-refractivity contribution in [3.63, 3.8) is 0 Å². The van der Waals surface area contributed by atoms with Crippen molar-refractivity contribution in [3.8, 4) is 0 Å². The first-order valence-electron chi connectivity index (χ1n) is 9.87. The van der Waals surface area contributed by atoms with Gasteiger partial charge in [-0.3, -0.25) is 0 Å². The predicted molar refractivity (Wildman–Crippen MR) is 128 cm³/mol. The van der Waals surface area contributed by atoms with Gasteiger partial charge in [-0.05, 0) is 24.3 Å². The van der Waals surface area contributed by atoms with Gasteiger partial charge in [0.2, 0.25) is 35.7 Å². The van der Waals surface area contributed by atoms with E-state index in [1.165, 1.54) is 0 Å². The Hall–Kier alpha value is -2.14. The average molecular weight is 587 g/mol. The molecule has 0 amide bonds. The van der Waals surface area contributed by atoms with Crippen molar-refractivity contribution in [1.29, 1.82) is 0 Å². The molecule has 38 heavy (non-hydrogen) atoms. The molecule has 18 nitrogen and oxygen atoms in total. The molecule has 0 unspecified atom stereocenters. The number of anilines is 8. The zero-order valence-corrected chi connectivity index (χ0v) is 25.9. The van der Waals surface area contributed by atoms with Crippen LogP contribution in [0.1, 0.15) is 0 Å². The molecule has 0 atom stereocenters. The standard InChI is InChI=1S/C16H22N12O6S2.2Na/c17-11-23-13(19-5-7-35(29,30)31)27-15(25-11)21-9-1-2-10(4-3-9)22-16-26-12(18)24-14(28-16)20-6-8-36(32,33)34;;/h1-4H,5-8H2,(H,29,30,31)(H,32,33,34)(H4,17,19,21,23,25,27)(H4,18,20,22,24,26,28);;/q;2*+1/p-2. The Kier molecular flexibility index (Phi) is 13.3. The van der Waals surface area contributed by atoms with E-state index < -0.39 is 31.7 Å². The van der Waals surface area contributed by atoms with Gasteiger partial charge in [0, 0.05) is 24.5 Å². The third-order valence-electron chi connectivity index (χ3n) is 3.97. The molecular weight excluding hydrogens is 566 g/mol. The molecule has 0 fully saturated rings. The maximum Gasteiger partial charge on any atom is 1.00 e. The summed E-state index contributed by atoms with van der Waals surface area (Å²) in [6.45, 7) is -0.405. The Bertz CT molecular complexity index is 1320. The normalized spacial score (nSPS) is 11.0. The van der Waals surface area contributed by atoms with E-state index in [4.69, 9.17) is 11.5 Å². The number of hydrogen-bond donors (Lipinski definition) is 6. The van der Waals surface area contributed by atoms with Crippen molar-refractivity contribution >= 4 is 67.3 Å². The van der Waals surface area contributed by atoms with Crippen LogP contribution in [0.3, 0.4) is 0 Å². The maximum atomic E-state index is 10.7. The number of nitrogens with zero attached hydrogens (tertiary/aromatic N) is 6. The molecule has 1 aromatic carbocycles. The quantitative estimate of drug-likeness (QED) is 0.0848. The van der Waals surface area contributed by atoms with Gasteiger partial charge in [-0.2, -0.15) is 29.9 Å². The van der Waals surface area contributed by atoms with Gasteiger partial charge in [-0.25, -0.2) is 16.8 Å². The summed E-state index contributed by atoms with van der Waals surface area (Å²) < 4.78 is 64.2. The molecule has 8 N–H and O–H groups in total. The molecule has 0 aliphatic carbocycles. The van der Waals surface area contributed by atoms with E-state index in [9.17, 15) is 25.9 Å². The van der Waals surface area contributed by atoms with Crippen molar-refractivity contribution in [2.24, 2.45) is 0 Å². The van der Waals surface area contributed by atoms with E-state index in [1.54, 1.807) is 24.3 Å². The number of nitrogens with one attached hydrogen (secondary N) is 4. The van der Waals surface area contributed by atoms with Crippen LogP contribution in [0.5, 0.6) is 0 Å². The van der Waals surface area contributed by atoms with Crippen LogP contribution in [0.25, 0.3) is 0 Å². The maximum absolute atomic E-state index is 10.7. The molecule has 0 spiro atoms. The van der Waals surface area contributed by atoms with Gasteiger partial charge in [0.05, 0.1) is 31.7 Å². The number of hydrogen-bond acceptors (Lipinski definition) is 18. The summed E-state index contributed by atoms with van der Waals surface area (Å²) in [5, 5.41) is 11.0. The van der Waals surface area contributed by atoms with E-state index in [-0.39, 0.29) is 108 Å². The fraction of sp³-hybridized carbons (Fsp3) is 0.250. The second-order valence-corrected chi connectivity index (χ2v) is 9.93. The SMILES string of the molecule is Nc1nc(NCCS(=O)(=O)[O-])nc(Nc2ccc(Nc3nc(N)nc(NCCS(=O)(=O)[O-])n3)cc2)n1.[Na+].[Na+]. The van der Waals surface area contributed by atoms with Gasteiger partial charge in [-0.15, -0.1) is 0 Å². The summed E-state index contributed by atoms with van der Waals surface area (Å²) in [7, 11) is -8.79. The summed E-state index contributed by atoms with van der Waals surface area (Å²) in [5.74, 6) is -1.47. The van der Waals surface area contributed by atoms with E-state index >= 15 is 0 Å². The molecule has 0 aliphatic rings. The minimum absolute atomic E-state index is 0. The minimum Gasteiger partial charge on any atom is -0.748 e. The largest absolute Gasteiger partial charge is 1.00 e. The fourth-order valence-electron chi connectivity index (χ4n) is 2.53. The Morgan fingerprint density at radius 2 is 0.921 bits per heavy atom. The number of aromatic nitrogens is 6. The van der Waals surface area contributed by atoms with Crippen molar-refractivity contribution in [1.82, 2.24) is 29.9 Å². The summed E-state index contributed by atoms with van der Waals surface area (Å²) in [4.78, 5) is 23.6. The van der Waals surface area contributed by atoms with Crippen LogP contribution in [-0.2, 0) is 20.2 Å². The molecule has 194 valence electrons. The second-order valence-electron chi connectivity index (χ2n) is 6.89. The Labute approximate surface area is 261 Å². The molecule has 0 saturated heterocycles. The number of nitrogens with two attached hydrogens (primary N) is 2. The molecule has 0 aliphatic heterocycles. The molecule has 0 saturated carbocycles. The summed E-state index contributed by atoms with van der Waals surface area (Å²) in [5.41, 5.74) is 12.4. The molecule has 22 heteroatoms. The first-order valence-corrected chi connectivity index (χ1v) is 13.0. The van der Waals surface area contributed by atoms with Gasteiger partial charge >= 0.3 is 59.1 Å². The van der Waals surface area contributed by atoms with Crippen molar-refractivity contribution in [3.05, 3.63) is 24.3 Å². The molecule has 2 heterocycles. The van der Waals surface area contributed by atoms with E-state index in [0.29, 0.717) is 11.4 Å². The molecule has 2 aromatic heterocycles. The molecular formula is C16H20N12Na2O6S2. The van der Waals surface area contributed by atoms with Crippen LogP contribution in [0.2, 0.25) is 0 Å². The topological polar surface area (TPSA) is 292 Å². The summed E-state index contributed by atoms with van der Waals surface area (Å²) in [6.07, 6.45) is 0. The number of rotatable bonds is 12. The van der Waals surface area contributed by atoms with Crippen LogP contribution in [0, 0.1) is 0 Å². The van der Waals surface area contributed by atoms with Crippen LogP contribution in [0.4, 0.5) is 47.1 Å². The molecule has 0 bridgehead atoms. The molecule has 3 rings (SSSR count). The van der Waals surface area contributed by atoms with E-state index in [0.717, 1.165) is 0 Å². The van der Waals surface area contributed by atoms with Gasteiger partial charge in [0.25, 0.3) is 0 Å². The Morgan fingerprint density at radius 3 is 1.24 bits per heavy atom. The van der Waals surface area contributed by atoms with Crippen LogP contribution >= 0.6 is 0 Å². The minimum atomic E-state index is -4.40. The Morgan fingerprint density at radius 1 is 0.605 bits per heavy atom.